The van der Waals surface area contributed by atoms with E-state index in [1.807, 2.05) is 25.1 Å². The van der Waals surface area contributed by atoms with E-state index in [2.05, 4.69) is 22.2 Å². The van der Waals surface area contributed by atoms with E-state index in [1.165, 1.54) is 12.7 Å². The van der Waals surface area contributed by atoms with E-state index in [0.29, 0.717) is 6.42 Å². The van der Waals surface area contributed by atoms with Crippen LogP contribution in [0.5, 0.6) is 0 Å². The van der Waals surface area contributed by atoms with Gasteiger partial charge in [-0.1, -0.05) is 37.3 Å². The van der Waals surface area contributed by atoms with Crippen LogP contribution in [0.4, 0.5) is 0 Å². The molecule has 126 valence electrons. The van der Waals surface area contributed by atoms with Crippen molar-refractivity contribution in [2.24, 2.45) is 0 Å². The van der Waals surface area contributed by atoms with Crippen LogP contribution in [-0.2, 0) is 16.0 Å². The van der Waals surface area contributed by atoms with Crippen molar-refractivity contribution >= 4 is 5.97 Å². The number of aliphatic hydroxyl groups is 2. The summed E-state index contributed by atoms with van der Waals surface area (Å²) in [6.07, 6.45) is 3.22. The van der Waals surface area contributed by atoms with Crippen molar-refractivity contribution in [3.63, 3.8) is 0 Å². The summed E-state index contributed by atoms with van der Waals surface area (Å²) < 4.78 is 4.55. The minimum atomic E-state index is -0.361. The summed E-state index contributed by atoms with van der Waals surface area (Å²) in [5.74, 6) is -0.308. The zero-order chi connectivity index (χ0) is 16.6. The molecule has 5 heteroatoms. The van der Waals surface area contributed by atoms with Crippen molar-refractivity contribution in [3.8, 4) is 0 Å². The third kappa shape index (κ3) is 10.3. The molecule has 0 saturated carbocycles. The molecule has 1 rings (SSSR count). The van der Waals surface area contributed by atoms with Crippen molar-refractivity contribution in [2.45, 2.75) is 38.6 Å². The number of aryl methyl sites for hydroxylation is 1. The normalized spacial score (nSPS) is 11.3. The number of hydrogen-bond acceptors (Lipinski definition) is 5. The fourth-order valence-electron chi connectivity index (χ4n) is 1.82. The maximum Gasteiger partial charge on any atom is 0.322 e. The lowest BCUT2D eigenvalue weighted by Crippen LogP contribution is -2.38. The summed E-state index contributed by atoms with van der Waals surface area (Å²) in [6, 6.07) is 9.84. The Morgan fingerprint density at radius 1 is 1.23 bits per heavy atom. The summed E-state index contributed by atoms with van der Waals surface area (Å²) in [6.45, 7) is 3.06. The highest BCUT2D eigenvalue weighted by molar-refractivity contribution is 5.75. The maximum atomic E-state index is 11.0. The van der Waals surface area contributed by atoms with Crippen LogP contribution in [0.2, 0.25) is 0 Å². The lowest BCUT2D eigenvalue weighted by Gasteiger charge is -2.14. The molecule has 0 aliphatic rings. The predicted molar refractivity (Wildman–Crippen MR) is 87.6 cm³/mol. The highest BCUT2D eigenvalue weighted by Gasteiger charge is 2.16. The fraction of sp³-hybridized carbons (Fsp3) is 0.588. The third-order valence-electron chi connectivity index (χ3n) is 3.01. The van der Waals surface area contributed by atoms with E-state index in [1.54, 1.807) is 0 Å². The molecule has 1 unspecified atom stereocenters. The number of methoxy groups -OCH3 is 1. The van der Waals surface area contributed by atoms with Gasteiger partial charge in [-0.15, -0.1) is 0 Å². The molecule has 0 aliphatic carbocycles. The van der Waals surface area contributed by atoms with Crippen molar-refractivity contribution in [3.05, 3.63) is 35.9 Å². The van der Waals surface area contributed by atoms with Gasteiger partial charge < -0.3 is 20.3 Å². The van der Waals surface area contributed by atoms with Crippen LogP contribution >= 0.6 is 0 Å². The molecular weight excluding hydrogens is 282 g/mol. The molecule has 0 saturated heterocycles. The van der Waals surface area contributed by atoms with Gasteiger partial charge in [0.2, 0.25) is 0 Å². The van der Waals surface area contributed by atoms with Crippen molar-refractivity contribution in [1.29, 1.82) is 0 Å². The van der Waals surface area contributed by atoms with Gasteiger partial charge in [0, 0.05) is 13.2 Å². The standard InChI is InChI=1S/C9H12O.C8H17NO3/c10-8-4-7-9-5-2-1-3-6-9;1-3-5-9-7(4-6-10)8(11)12-2/h1-3,5-6,10H,4,7-8H2;7,9-10H,3-6H2,1-2H3. The van der Waals surface area contributed by atoms with Gasteiger partial charge in [0.25, 0.3) is 0 Å². The Balaban J connectivity index is 0.000000406. The molecule has 0 amide bonds. The lowest BCUT2D eigenvalue weighted by atomic mass is 10.1. The van der Waals surface area contributed by atoms with Crippen molar-refractivity contribution in [2.75, 3.05) is 26.9 Å². The van der Waals surface area contributed by atoms with Gasteiger partial charge in [-0.25, -0.2) is 0 Å². The van der Waals surface area contributed by atoms with Gasteiger partial charge >= 0.3 is 5.97 Å². The molecule has 0 radical (unpaired) electrons. The minimum Gasteiger partial charge on any atom is -0.468 e. The molecule has 0 heterocycles. The summed E-state index contributed by atoms with van der Waals surface area (Å²) in [5.41, 5.74) is 1.30. The zero-order valence-electron chi connectivity index (χ0n) is 13.6. The second kappa shape index (κ2) is 14.5. The number of nitrogens with one attached hydrogen (secondary N) is 1. The van der Waals surface area contributed by atoms with Gasteiger partial charge in [0.1, 0.15) is 6.04 Å². The van der Waals surface area contributed by atoms with E-state index >= 15 is 0 Å². The number of aliphatic hydroxyl groups excluding tert-OH is 2. The monoisotopic (exact) mass is 311 g/mol. The molecule has 0 spiro atoms. The summed E-state index contributed by atoms with van der Waals surface area (Å²) >= 11 is 0. The SMILES string of the molecule is CCCNC(CCO)C(=O)OC.OCCCc1ccccc1. The van der Waals surface area contributed by atoms with Gasteiger partial charge in [-0.2, -0.15) is 0 Å². The molecule has 0 fully saturated rings. The van der Waals surface area contributed by atoms with Crippen LogP contribution in [0.25, 0.3) is 0 Å². The number of ether oxygens (including phenoxy) is 1. The van der Waals surface area contributed by atoms with Gasteiger partial charge in [0.15, 0.2) is 0 Å². The zero-order valence-corrected chi connectivity index (χ0v) is 13.6. The highest BCUT2D eigenvalue weighted by atomic mass is 16.5. The van der Waals surface area contributed by atoms with Gasteiger partial charge in [0.05, 0.1) is 7.11 Å². The first-order chi connectivity index (χ1) is 10.7. The number of benzene rings is 1. The van der Waals surface area contributed by atoms with E-state index < -0.39 is 0 Å². The van der Waals surface area contributed by atoms with E-state index in [-0.39, 0.29) is 25.2 Å². The second-order valence-corrected chi connectivity index (χ2v) is 4.85. The smallest absolute Gasteiger partial charge is 0.322 e. The number of hydrogen-bond donors (Lipinski definition) is 3. The average Bonchev–Trinajstić information content (AvgIpc) is 2.57. The van der Waals surface area contributed by atoms with E-state index in [4.69, 9.17) is 10.2 Å². The fourth-order valence-corrected chi connectivity index (χ4v) is 1.82. The van der Waals surface area contributed by atoms with Crippen LogP contribution in [0.1, 0.15) is 31.7 Å². The number of carbonyl (C=O) groups is 1. The highest BCUT2D eigenvalue weighted by Crippen LogP contribution is 2.00. The summed E-state index contributed by atoms with van der Waals surface area (Å²) in [7, 11) is 1.35. The molecular formula is C17H29NO4. The Morgan fingerprint density at radius 3 is 2.41 bits per heavy atom. The first-order valence-electron chi connectivity index (χ1n) is 7.76. The number of carbonyl (C=O) groups excluding carboxylic acids is 1. The number of rotatable bonds is 9. The van der Waals surface area contributed by atoms with E-state index in [9.17, 15) is 4.79 Å². The molecule has 3 N–H and O–H groups in total. The average molecular weight is 311 g/mol. The molecule has 1 atom stereocenters. The first-order valence-corrected chi connectivity index (χ1v) is 7.76. The lowest BCUT2D eigenvalue weighted by molar-refractivity contribution is -0.143. The van der Waals surface area contributed by atoms with Crippen LogP contribution in [-0.4, -0.2) is 49.1 Å². The van der Waals surface area contributed by atoms with Crippen molar-refractivity contribution in [1.82, 2.24) is 5.32 Å². The quantitative estimate of drug-likeness (QED) is 0.603. The molecule has 1 aromatic rings. The molecule has 0 aromatic heterocycles. The molecule has 5 nitrogen and oxygen atoms in total. The Labute approximate surface area is 133 Å². The second-order valence-electron chi connectivity index (χ2n) is 4.85. The van der Waals surface area contributed by atoms with Crippen molar-refractivity contribution < 1.29 is 19.7 Å². The summed E-state index contributed by atoms with van der Waals surface area (Å²) in [5, 5.41) is 20.1. The molecule has 0 aliphatic heterocycles. The Bertz CT molecular complexity index is 370. The molecule has 22 heavy (non-hydrogen) atoms. The minimum absolute atomic E-state index is 0.00349. The van der Waals surface area contributed by atoms with Crippen LogP contribution in [0.3, 0.4) is 0 Å². The predicted octanol–water partition coefficient (Wildman–Crippen LogP) is 1.52. The Morgan fingerprint density at radius 2 is 1.91 bits per heavy atom. The van der Waals surface area contributed by atoms with E-state index in [0.717, 1.165) is 25.8 Å². The largest absolute Gasteiger partial charge is 0.468 e. The van der Waals surface area contributed by atoms with Gasteiger partial charge in [-0.05, 0) is 37.8 Å². The van der Waals surface area contributed by atoms with Gasteiger partial charge in [-0.3, -0.25) is 4.79 Å². The topological polar surface area (TPSA) is 78.8 Å². The van der Waals surface area contributed by atoms with Crippen LogP contribution < -0.4 is 5.32 Å². The Kier molecular flexibility index (Phi) is 13.6. The van der Waals surface area contributed by atoms with Crippen LogP contribution in [0.15, 0.2) is 30.3 Å². The first kappa shape index (κ1) is 20.6. The molecule has 1 aromatic carbocycles. The number of esters is 1. The Hall–Kier alpha value is -1.43. The summed E-state index contributed by atoms with van der Waals surface area (Å²) in [4.78, 5) is 11.0. The van der Waals surface area contributed by atoms with Crippen LogP contribution in [0, 0.1) is 0 Å². The molecule has 0 bridgehead atoms. The third-order valence-corrected chi connectivity index (χ3v) is 3.01. The maximum absolute atomic E-state index is 11.0.